The maximum absolute atomic E-state index is 13.4. The molecule has 0 spiro atoms. The van der Waals surface area contributed by atoms with E-state index in [1.54, 1.807) is 4.90 Å². The maximum atomic E-state index is 13.4. The number of piperidine rings is 1. The average Bonchev–Trinajstić information content (AvgIpc) is 2.55. The lowest BCUT2D eigenvalue weighted by molar-refractivity contribution is -0.0157. The third-order valence-electron chi connectivity index (χ3n) is 4.58. The number of amides is 2. The molecule has 2 aromatic rings. The highest BCUT2D eigenvalue weighted by Gasteiger charge is 2.35. The van der Waals surface area contributed by atoms with Gasteiger partial charge in [-0.2, -0.15) is 0 Å². The summed E-state index contributed by atoms with van der Waals surface area (Å²) in [6.45, 7) is 2.83. The van der Waals surface area contributed by atoms with Crippen LogP contribution in [-0.4, -0.2) is 29.1 Å². The Hall–Kier alpha value is -2.11. The summed E-state index contributed by atoms with van der Waals surface area (Å²) in [6.07, 6.45) is 0.904. The number of nitrogens with zero attached hydrogens (tertiary/aromatic N) is 1. The minimum atomic E-state index is -0.924. The normalized spacial score (nSPS) is 16.6. The summed E-state index contributed by atoms with van der Waals surface area (Å²) in [5.41, 5.74) is 1.40. The number of likely N-dealkylation sites (tertiary alicyclic amines) is 1. The summed E-state index contributed by atoms with van der Waals surface area (Å²) < 4.78 is 13.4. The maximum Gasteiger partial charge on any atom is 0.321 e. The lowest BCUT2D eigenvalue weighted by Crippen LogP contribution is -2.46. The molecule has 1 aliphatic heterocycles. The van der Waals surface area contributed by atoms with Gasteiger partial charge in [0.2, 0.25) is 0 Å². The molecule has 0 saturated carbocycles. The van der Waals surface area contributed by atoms with E-state index in [1.807, 2.05) is 31.2 Å². The van der Waals surface area contributed by atoms with Gasteiger partial charge in [-0.3, -0.25) is 0 Å². The van der Waals surface area contributed by atoms with Gasteiger partial charge in [-0.05, 0) is 43.5 Å². The van der Waals surface area contributed by atoms with Crippen molar-refractivity contribution in [3.8, 4) is 0 Å². The van der Waals surface area contributed by atoms with Crippen LogP contribution in [0.2, 0.25) is 5.02 Å². The smallest absolute Gasteiger partial charge is 0.321 e. The molecule has 0 aromatic heterocycles. The van der Waals surface area contributed by atoms with Crippen LogP contribution in [-0.2, 0) is 5.60 Å². The number of benzene rings is 2. The second-order valence-corrected chi connectivity index (χ2v) is 6.91. The molecule has 1 fully saturated rings. The fraction of sp³-hybridized carbons (Fsp3) is 0.316. The van der Waals surface area contributed by atoms with Gasteiger partial charge in [-0.1, -0.05) is 41.4 Å². The molecule has 132 valence electrons. The molecule has 0 radical (unpaired) electrons. The summed E-state index contributed by atoms with van der Waals surface area (Å²) >= 11 is 5.80. The monoisotopic (exact) mass is 362 g/mol. The Labute approximate surface area is 151 Å². The summed E-state index contributed by atoms with van der Waals surface area (Å²) in [5, 5.41) is 13.7. The van der Waals surface area contributed by atoms with Gasteiger partial charge in [-0.25, -0.2) is 9.18 Å². The van der Waals surface area contributed by atoms with E-state index in [9.17, 15) is 14.3 Å². The number of nitrogens with one attached hydrogen (secondary N) is 1. The predicted molar refractivity (Wildman–Crippen MR) is 96.3 cm³/mol. The van der Waals surface area contributed by atoms with Crippen LogP contribution < -0.4 is 5.32 Å². The van der Waals surface area contributed by atoms with Gasteiger partial charge < -0.3 is 15.3 Å². The molecule has 0 atom stereocenters. The van der Waals surface area contributed by atoms with Gasteiger partial charge in [0.25, 0.3) is 0 Å². The molecule has 4 nitrogen and oxygen atoms in total. The van der Waals surface area contributed by atoms with E-state index in [4.69, 9.17) is 11.6 Å². The van der Waals surface area contributed by atoms with Crippen molar-refractivity contribution in [3.05, 3.63) is 64.4 Å². The highest BCUT2D eigenvalue weighted by atomic mass is 35.5. The fourth-order valence-electron chi connectivity index (χ4n) is 3.06. The van der Waals surface area contributed by atoms with Crippen molar-refractivity contribution in [2.75, 3.05) is 18.4 Å². The second kappa shape index (κ2) is 7.02. The van der Waals surface area contributed by atoms with Crippen LogP contribution in [0.5, 0.6) is 0 Å². The van der Waals surface area contributed by atoms with Crippen molar-refractivity contribution in [2.45, 2.75) is 25.4 Å². The Morgan fingerprint density at radius 2 is 1.84 bits per heavy atom. The SMILES string of the molecule is Cc1ccc(C2(O)CCN(C(=O)Nc3cc(F)cc(Cl)c3)CC2)cc1. The van der Waals surface area contributed by atoms with Gasteiger partial charge in [0.05, 0.1) is 5.60 Å². The summed E-state index contributed by atoms with van der Waals surface area (Å²) in [6, 6.07) is 11.4. The molecule has 2 aromatic carbocycles. The summed E-state index contributed by atoms with van der Waals surface area (Å²) in [7, 11) is 0. The molecule has 2 N–H and O–H groups in total. The first-order chi connectivity index (χ1) is 11.9. The molecule has 25 heavy (non-hydrogen) atoms. The number of hydrogen-bond acceptors (Lipinski definition) is 2. The summed E-state index contributed by atoms with van der Waals surface area (Å²) in [4.78, 5) is 14.0. The number of urea groups is 1. The first-order valence-corrected chi connectivity index (χ1v) is 8.55. The number of hydrogen-bond donors (Lipinski definition) is 2. The van der Waals surface area contributed by atoms with Gasteiger partial charge in [-0.15, -0.1) is 0 Å². The van der Waals surface area contributed by atoms with Gasteiger partial charge in [0.1, 0.15) is 5.82 Å². The largest absolute Gasteiger partial charge is 0.385 e. The average molecular weight is 363 g/mol. The van der Waals surface area contributed by atoms with E-state index < -0.39 is 11.4 Å². The van der Waals surface area contributed by atoms with Crippen molar-refractivity contribution in [2.24, 2.45) is 0 Å². The standard InChI is InChI=1S/C19H20ClFN2O2/c1-13-2-4-14(5-3-13)19(25)6-8-23(9-7-19)18(24)22-17-11-15(20)10-16(21)12-17/h2-5,10-12,25H,6-9H2,1H3,(H,22,24). The van der Waals surface area contributed by atoms with Crippen LogP contribution in [0.1, 0.15) is 24.0 Å². The van der Waals surface area contributed by atoms with Crippen molar-refractivity contribution in [3.63, 3.8) is 0 Å². The van der Waals surface area contributed by atoms with Crippen molar-refractivity contribution >= 4 is 23.3 Å². The van der Waals surface area contributed by atoms with Crippen LogP contribution >= 0.6 is 11.6 Å². The van der Waals surface area contributed by atoms with E-state index in [0.29, 0.717) is 31.6 Å². The minimum Gasteiger partial charge on any atom is -0.385 e. The first-order valence-electron chi connectivity index (χ1n) is 8.17. The molecular weight excluding hydrogens is 343 g/mol. The van der Waals surface area contributed by atoms with Crippen LogP contribution in [0.15, 0.2) is 42.5 Å². The number of halogens is 2. The Morgan fingerprint density at radius 3 is 2.44 bits per heavy atom. The highest BCUT2D eigenvalue weighted by molar-refractivity contribution is 6.30. The van der Waals surface area contributed by atoms with Crippen LogP contribution in [0, 0.1) is 12.7 Å². The third-order valence-corrected chi connectivity index (χ3v) is 4.80. The molecule has 1 saturated heterocycles. The number of carbonyl (C=O) groups is 1. The van der Waals surface area contributed by atoms with E-state index in [1.165, 1.54) is 18.2 Å². The number of carbonyl (C=O) groups excluding carboxylic acids is 1. The van der Waals surface area contributed by atoms with Crippen molar-refractivity contribution < 1.29 is 14.3 Å². The minimum absolute atomic E-state index is 0.225. The van der Waals surface area contributed by atoms with E-state index in [2.05, 4.69) is 5.32 Å². The zero-order valence-corrected chi connectivity index (χ0v) is 14.7. The van der Waals surface area contributed by atoms with E-state index >= 15 is 0 Å². The number of aliphatic hydroxyl groups is 1. The number of rotatable bonds is 2. The Kier molecular flexibility index (Phi) is 4.97. The van der Waals surface area contributed by atoms with Gasteiger partial charge in [0, 0.05) is 23.8 Å². The zero-order valence-electron chi connectivity index (χ0n) is 13.9. The number of aryl methyl sites for hydroxylation is 1. The Balaban J connectivity index is 1.63. The Morgan fingerprint density at radius 1 is 1.20 bits per heavy atom. The van der Waals surface area contributed by atoms with Crippen LogP contribution in [0.4, 0.5) is 14.9 Å². The van der Waals surface area contributed by atoms with Crippen molar-refractivity contribution in [1.29, 1.82) is 0 Å². The first kappa shape index (κ1) is 17.7. The number of anilines is 1. The molecule has 3 rings (SSSR count). The lowest BCUT2D eigenvalue weighted by atomic mass is 9.84. The van der Waals surface area contributed by atoms with Crippen LogP contribution in [0.3, 0.4) is 0 Å². The van der Waals surface area contributed by atoms with Crippen molar-refractivity contribution in [1.82, 2.24) is 4.90 Å². The topological polar surface area (TPSA) is 52.6 Å². The summed E-state index contributed by atoms with van der Waals surface area (Å²) in [5.74, 6) is -0.504. The van der Waals surface area contributed by atoms with Crippen LogP contribution in [0.25, 0.3) is 0 Å². The third kappa shape index (κ3) is 4.11. The second-order valence-electron chi connectivity index (χ2n) is 6.47. The van der Waals surface area contributed by atoms with E-state index in [-0.39, 0.29) is 11.1 Å². The van der Waals surface area contributed by atoms with Gasteiger partial charge in [0.15, 0.2) is 0 Å². The highest BCUT2D eigenvalue weighted by Crippen LogP contribution is 2.33. The Bertz CT molecular complexity index is 751. The molecule has 1 aliphatic rings. The molecule has 6 heteroatoms. The zero-order chi connectivity index (χ0) is 18.0. The molecular formula is C19H20ClFN2O2. The quantitative estimate of drug-likeness (QED) is 0.836. The van der Waals surface area contributed by atoms with Gasteiger partial charge >= 0.3 is 6.03 Å². The lowest BCUT2D eigenvalue weighted by Gasteiger charge is -2.38. The molecule has 0 aliphatic carbocycles. The molecule has 0 unspecified atom stereocenters. The molecule has 2 amide bonds. The molecule has 1 heterocycles. The molecule has 0 bridgehead atoms. The predicted octanol–water partition coefficient (Wildman–Crippen LogP) is 4.30. The fourth-order valence-corrected chi connectivity index (χ4v) is 3.28. The van der Waals surface area contributed by atoms with E-state index in [0.717, 1.165) is 11.1 Å².